The van der Waals surface area contributed by atoms with E-state index >= 15 is 0 Å². The monoisotopic (exact) mass is 495 g/mol. The molecular weight excluding hydrogens is 463 g/mol. The third kappa shape index (κ3) is 7.11. The van der Waals surface area contributed by atoms with Gasteiger partial charge >= 0.3 is 6.18 Å². The van der Waals surface area contributed by atoms with Crippen LogP contribution in [-0.4, -0.2) is 42.5 Å². The van der Waals surface area contributed by atoms with Gasteiger partial charge in [0.2, 0.25) is 5.91 Å². The third-order valence-corrected chi connectivity index (χ3v) is 6.86. The second-order valence-corrected chi connectivity index (χ2v) is 9.70. The van der Waals surface area contributed by atoms with Crippen LogP contribution in [0.1, 0.15) is 46.0 Å². The zero-order valence-electron chi connectivity index (χ0n) is 19.8. The van der Waals surface area contributed by atoms with Crippen LogP contribution in [-0.2, 0) is 4.79 Å². The first-order valence-corrected chi connectivity index (χ1v) is 12.3. The zero-order chi connectivity index (χ0) is 24.9. The fourth-order valence-corrected chi connectivity index (χ4v) is 4.21. The molecular formula is C26H33ClF3N3O. The molecule has 0 radical (unpaired) electrons. The van der Waals surface area contributed by atoms with Crippen molar-refractivity contribution in [3.05, 3.63) is 53.7 Å². The number of amides is 1. The second-order valence-electron chi connectivity index (χ2n) is 9.27. The highest BCUT2D eigenvalue weighted by atomic mass is 35.5. The van der Waals surface area contributed by atoms with Gasteiger partial charge in [0.05, 0.1) is 0 Å². The van der Waals surface area contributed by atoms with Gasteiger partial charge < -0.3 is 9.80 Å². The van der Waals surface area contributed by atoms with Crippen molar-refractivity contribution >= 4 is 29.0 Å². The quantitative estimate of drug-likeness (QED) is 0.224. The first kappa shape index (κ1) is 26.3. The summed E-state index contributed by atoms with van der Waals surface area (Å²) in [4.78, 5) is 21.9. The van der Waals surface area contributed by atoms with E-state index in [4.69, 9.17) is 11.6 Å². The van der Waals surface area contributed by atoms with Gasteiger partial charge in [-0.05, 0) is 68.4 Å². The second kappa shape index (κ2) is 11.4. The number of carbonyl (C=O) groups excluding carboxylic acids is 1. The first-order valence-electron chi connectivity index (χ1n) is 11.9. The Morgan fingerprint density at radius 3 is 2.38 bits per heavy atom. The molecule has 1 saturated heterocycles. The number of aliphatic imine (C=N–C) groups is 1. The number of hydrogen-bond donors (Lipinski definition) is 0. The number of piperidine rings is 1. The van der Waals surface area contributed by atoms with Gasteiger partial charge in [-0.2, -0.15) is 13.2 Å². The van der Waals surface area contributed by atoms with E-state index in [9.17, 15) is 18.0 Å². The molecule has 1 aliphatic heterocycles. The molecule has 1 heterocycles. The van der Waals surface area contributed by atoms with Gasteiger partial charge in [-0.25, -0.2) is 4.99 Å². The van der Waals surface area contributed by atoms with Crippen molar-refractivity contribution in [3.63, 3.8) is 0 Å². The van der Waals surface area contributed by atoms with Crippen molar-refractivity contribution in [2.24, 2.45) is 22.7 Å². The molecule has 1 unspecified atom stereocenters. The normalized spacial score (nSPS) is 18.9. The summed E-state index contributed by atoms with van der Waals surface area (Å²) >= 11 is 6.04. The lowest BCUT2D eigenvalue weighted by molar-refractivity contribution is -0.123. The highest BCUT2D eigenvalue weighted by molar-refractivity contribution is 6.30. The molecule has 1 aromatic rings. The van der Waals surface area contributed by atoms with E-state index < -0.39 is 11.7 Å². The van der Waals surface area contributed by atoms with E-state index in [1.807, 2.05) is 43.0 Å². The highest BCUT2D eigenvalue weighted by Crippen LogP contribution is 2.34. The minimum Gasteiger partial charge on any atom is -0.360 e. The molecule has 0 N–H and O–H groups in total. The molecule has 4 nitrogen and oxygen atoms in total. The molecule has 1 saturated carbocycles. The minimum absolute atomic E-state index is 0.0931. The van der Waals surface area contributed by atoms with Gasteiger partial charge in [0, 0.05) is 54.0 Å². The fraction of sp³-hybridized carbons (Fsp3) is 0.538. The van der Waals surface area contributed by atoms with E-state index in [-0.39, 0.29) is 17.7 Å². The van der Waals surface area contributed by atoms with Crippen LogP contribution in [0.2, 0.25) is 5.02 Å². The van der Waals surface area contributed by atoms with E-state index in [1.54, 1.807) is 0 Å². The molecule has 1 amide bonds. The Hall–Kier alpha value is -2.28. The summed E-state index contributed by atoms with van der Waals surface area (Å²) < 4.78 is 38.1. The summed E-state index contributed by atoms with van der Waals surface area (Å²) in [6.45, 7) is 9.11. The van der Waals surface area contributed by atoms with E-state index in [2.05, 4.69) is 16.5 Å². The van der Waals surface area contributed by atoms with Crippen molar-refractivity contribution < 1.29 is 18.0 Å². The number of rotatable bonds is 8. The molecule has 186 valence electrons. The van der Waals surface area contributed by atoms with Crippen LogP contribution < -0.4 is 4.90 Å². The van der Waals surface area contributed by atoms with Gasteiger partial charge in [0.15, 0.2) is 0 Å². The summed E-state index contributed by atoms with van der Waals surface area (Å²) in [5.74, 6) is 1.45. The van der Waals surface area contributed by atoms with Gasteiger partial charge in [-0.15, -0.1) is 0 Å². The standard InChI is InChI=1S/C26H33ClF3N3O/c1-4-18(2)24(31-14-11-19(3)26(28,29)30)32-15-12-21(13-16-32)25(34)33(17-20-5-6-20)23-9-7-22(27)8-10-23/h7-11,14,18,20-21H,3-6,12-13,15-17H2,1-2H3/b14-11-,31-24?. The van der Waals surface area contributed by atoms with E-state index in [1.165, 1.54) is 6.20 Å². The van der Waals surface area contributed by atoms with Gasteiger partial charge in [0.1, 0.15) is 5.84 Å². The summed E-state index contributed by atoms with van der Waals surface area (Å²) in [5, 5.41) is 0.639. The molecule has 1 atom stereocenters. The molecule has 8 heteroatoms. The molecule has 1 aromatic carbocycles. The Morgan fingerprint density at radius 2 is 1.85 bits per heavy atom. The maximum Gasteiger partial charge on any atom is 0.415 e. The van der Waals surface area contributed by atoms with Crippen LogP contribution in [0.3, 0.4) is 0 Å². The van der Waals surface area contributed by atoms with Crippen LogP contribution in [0.5, 0.6) is 0 Å². The number of halogens is 4. The molecule has 1 aliphatic carbocycles. The number of nitrogens with zero attached hydrogens (tertiary/aromatic N) is 3. The number of benzene rings is 1. The number of allylic oxidation sites excluding steroid dienone is 2. The average molecular weight is 496 g/mol. The SMILES string of the molecule is C=C(/C=C\N=C(C(C)CC)N1CCC(C(=O)N(CC2CC2)c2ccc(Cl)cc2)CC1)C(F)(F)F. The summed E-state index contributed by atoms with van der Waals surface area (Å²) in [6.07, 6.45) is 2.11. The van der Waals surface area contributed by atoms with Crippen molar-refractivity contribution in [1.29, 1.82) is 0 Å². The van der Waals surface area contributed by atoms with Crippen molar-refractivity contribution in [1.82, 2.24) is 4.90 Å². The predicted octanol–water partition coefficient (Wildman–Crippen LogP) is 6.87. The summed E-state index contributed by atoms with van der Waals surface area (Å²) in [5.41, 5.74) is -0.0531. The molecule has 34 heavy (non-hydrogen) atoms. The Labute approximate surface area is 205 Å². The predicted molar refractivity (Wildman–Crippen MR) is 132 cm³/mol. The Morgan fingerprint density at radius 1 is 1.24 bits per heavy atom. The third-order valence-electron chi connectivity index (χ3n) is 6.61. The number of carbonyl (C=O) groups is 1. The van der Waals surface area contributed by atoms with Gasteiger partial charge in [0.25, 0.3) is 0 Å². The van der Waals surface area contributed by atoms with E-state index in [0.717, 1.165) is 43.4 Å². The van der Waals surface area contributed by atoms with Crippen LogP contribution in [0, 0.1) is 17.8 Å². The number of likely N-dealkylation sites (tertiary alicyclic amines) is 1. The van der Waals surface area contributed by atoms with Crippen molar-refractivity contribution in [2.75, 3.05) is 24.5 Å². The highest BCUT2D eigenvalue weighted by Gasteiger charge is 2.34. The van der Waals surface area contributed by atoms with Gasteiger partial charge in [-0.1, -0.05) is 32.0 Å². The lowest BCUT2D eigenvalue weighted by atomic mass is 9.93. The minimum atomic E-state index is -4.46. The first-order chi connectivity index (χ1) is 16.1. The largest absolute Gasteiger partial charge is 0.415 e. The molecule has 2 fully saturated rings. The number of anilines is 1. The maximum absolute atomic E-state index is 13.5. The summed E-state index contributed by atoms with van der Waals surface area (Å²) in [7, 11) is 0. The molecule has 0 spiro atoms. The van der Waals surface area contributed by atoms with Crippen LogP contribution in [0.25, 0.3) is 0 Å². The van der Waals surface area contributed by atoms with Crippen LogP contribution in [0.15, 0.2) is 53.7 Å². The molecule has 2 aliphatic rings. The smallest absolute Gasteiger partial charge is 0.360 e. The Kier molecular flexibility index (Phi) is 8.85. The topological polar surface area (TPSA) is 35.9 Å². The maximum atomic E-state index is 13.5. The molecule has 0 bridgehead atoms. The summed E-state index contributed by atoms with van der Waals surface area (Å²) in [6, 6.07) is 7.41. The lowest BCUT2D eigenvalue weighted by Gasteiger charge is -2.37. The Balaban J connectivity index is 1.67. The zero-order valence-corrected chi connectivity index (χ0v) is 20.6. The van der Waals surface area contributed by atoms with Crippen LogP contribution in [0.4, 0.5) is 18.9 Å². The Bertz CT molecular complexity index is 914. The van der Waals surface area contributed by atoms with Crippen molar-refractivity contribution in [3.8, 4) is 0 Å². The van der Waals surface area contributed by atoms with Crippen molar-refractivity contribution in [2.45, 2.75) is 52.1 Å². The average Bonchev–Trinajstić information content (AvgIpc) is 3.64. The molecule has 3 rings (SSSR count). The fourth-order valence-electron chi connectivity index (χ4n) is 4.08. The number of hydrogen-bond acceptors (Lipinski definition) is 2. The molecule has 0 aromatic heterocycles. The van der Waals surface area contributed by atoms with E-state index in [0.29, 0.717) is 36.9 Å². The lowest BCUT2D eigenvalue weighted by Crippen LogP contribution is -2.46. The van der Waals surface area contributed by atoms with Gasteiger partial charge in [-0.3, -0.25) is 4.79 Å². The number of alkyl halides is 3. The number of amidine groups is 1. The van der Waals surface area contributed by atoms with Crippen LogP contribution >= 0.6 is 11.6 Å².